The molecule has 2 aromatic rings. The van der Waals surface area contributed by atoms with E-state index in [-0.39, 0.29) is 11.8 Å². The maximum Gasteiger partial charge on any atom is 0.230 e. The highest BCUT2D eigenvalue weighted by atomic mass is 16.5. The Morgan fingerprint density at radius 2 is 2.12 bits per heavy atom. The minimum atomic E-state index is -0.0647. The zero-order valence-corrected chi connectivity index (χ0v) is 14.5. The predicted octanol–water partition coefficient (Wildman–Crippen LogP) is 1.90. The quantitative estimate of drug-likeness (QED) is 0.865. The van der Waals surface area contributed by atoms with Crippen molar-refractivity contribution in [1.29, 1.82) is 0 Å². The maximum atomic E-state index is 13.0. The molecule has 1 aromatic carbocycles. The highest BCUT2D eigenvalue weighted by Crippen LogP contribution is 2.40. The smallest absolute Gasteiger partial charge is 0.230 e. The first kappa shape index (κ1) is 15.2. The minimum absolute atomic E-state index is 0.0647. The van der Waals surface area contributed by atoms with E-state index in [4.69, 9.17) is 4.74 Å². The third-order valence-corrected chi connectivity index (χ3v) is 5.91. The van der Waals surface area contributed by atoms with E-state index in [1.165, 1.54) is 27.6 Å². The molecule has 5 heteroatoms. The van der Waals surface area contributed by atoms with Crippen molar-refractivity contribution in [2.24, 2.45) is 5.92 Å². The topological polar surface area (TPSA) is 48.6 Å². The molecule has 1 amide bonds. The molecule has 0 saturated carbocycles. The summed E-state index contributed by atoms with van der Waals surface area (Å²) >= 11 is 0. The number of H-pyrrole nitrogens is 1. The Kier molecular flexibility index (Phi) is 3.47. The molecular formula is C20H23N3O2. The zero-order valence-electron chi connectivity index (χ0n) is 14.5. The monoisotopic (exact) mass is 337 g/mol. The van der Waals surface area contributed by atoms with Crippen LogP contribution in [0.5, 0.6) is 0 Å². The van der Waals surface area contributed by atoms with Gasteiger partial charge in [0.2, 0.25) is 5.91 Å². The summed E-state index contributed by atoms with van der Waals surface area (Å²) in [7, 11) is 2.15. The first-order chi connectivity index (χ1) is 12.2. The van der Waals surface area contributed by atoms with Crippen LogP contribution in [0, 0.1) is 5.92 Å². The van der Waals surface area contributed by atoms with E-state index in [0.717, 1.165) is 13.0 Å². The van der Waals surface area contributed by atoms with Crippen molar-refractivity contribution in [3.63, 3.8) is 0 Å². The number of nitrogens with one attached hydrogen (secondary N) is 1. The molecule has 1 aliphatic carbocycles. The lowest BCUT2D eigenvalue weighted by Gasteiger charge is -2.41. The van der Waals surface area contributed by atoms with Crippen molar-refractivity contribution in [2.45, 2.75) is 12.5 Å². The molecule has 1 fully saturated rings. The van der Waals surface area contributed by atoms with Gasteiger partial charge in [0.25, 0.3) is 0 Å². The number of carbonyl (C=O) groups excluding carboxylic acids is 1. The molecule has 1 N–H and O–H groups in total. The molecule has 2 atom stereocenters. The van der Waals surface area contributed by atoms with Gasteiger partial charge in [-0.05, 0) is 36.2 Å². The van der Waals surface area contributed by atoms with Crippen molar-refractivity contribution >= 4 is 22.4 Å². The van der Waals surface area contributed by atoms with Crippen molar-refractivity contribution in [3.05, 3.63) is 41.6 Å². The van der Waals surface area contributed by atoms with E-state index in [2.05, 4.69) is 47.4 Å². The fourth-order valence-corrected chi connectivity index (χ4v) is 4.62. The summed E-state index contributed by atoms with van der Waals surface area (Å²) in [6, 6.07) is 6.80. The van der Waals surface area contributed by atoms with Crippen molar-refractivity contribution in [2.75, 3.05) is 39.9 Å². The number of amides is 1. The van der Waals surface area contributed by atoms with Gasteiger partial charge in [0, 0.05) is 42.8 Å². The van der Waals surface area contributed by atoms with Gasteiger partial charge < -0.3 is 14.6 Å². The summed E-state index contributed by atoms with van der Waals surface area (Å²) in [5.41, 5.74) is 5.18. The van der Waals surface area contributed by atoms with Gasteiger partial charge in [-0.25, -0.2) is 0 Å². The Hall–Kier alpha value is -2.11. The van der Waals surface area contributed by atoms with Gasteiger partial charge in [-0.3, -0.25) is 9.69 Å². The molecule has 5 rings (SSSR count). The fourth-order valence-electron chi connectivity index (χ4n) is 4.62. The largest absolute Gasteiger partial charge is 0.378 e. The number of ether oxygens (including phenoxy) is 1. The Morgan fingerprint density at radius 1 is 1.28 bits per heavy atom. The number of hydrogen-bond acceptors (Lipinski definition) is 3. The van der Waals surface area contributed by atoms with Crippen LogP contribution >= 0.6 is 0 Å². The van der Waals surface area contributed by atoms with Crippen LogP contribution < -0.4 is 0 Å². The summed E-state index contributed by atoms with van der Waals surface area (Å²) < 4.78 is 5.39. The molecule has 130 valence electrons. The number of morpholine rings is 1. The van der Waals surface area contributed by atoms with Crippen LogP contribution in [0.3, 0.4) is 0 Å². The van der Waals surface area contributed by atoms with Gasteiger partial charge >= 0.3 is 0 Å². The molecule has 3 aliphatic rings. The normalized spacial score (nSPS) is 26.4. The molecule has 5 nitrogen and oxygen atoms in total. The highest BCUT2D eigenvalue weighted by molar-refractivity contribution is 5.99. The van der Waals surface area contributed by atoms with Gasteiger partial charge in [0.15, 0.2) is 0 Å². The Balaban J connectivity index is 1.55. The average Bonchev–Trinajstić information content (AvgIpc) is 3.07. The van der Waals surface area contributed by atoms with E-state index in [0.29, 0.717) is 32.3 Å². The van der Waals surface area contributed by atoms with Crippen molar-refractivity contribution < 1.29 is 9.53 Å². The van der Waals surface area contributed by atoms with Crippen LogP contribution in [0.2, 0.25) is 0 Å². The summed E-state index contributed by atoms with van der Waals surface area (Å²) in [5.74, 6) is 0.179. The number of aromatic amines is 1. The molecule has 1 saturated heterocycles. The predicted molar refractivity (Wildman–Crippen MR) is 97.3 cm³/mol. The number of benzene rings is 1. The van der Waals surface area contributed by atoms with Crippen LogP contribution in [0.25, 0.3) is 16.5 Å². The van der Waals surface area contributed by atoms with Crippen molar-refractivity contribution in [1.82, 2.24) is 14.8 Å². The van der Waals surface area contributed by atoms with Gasteiger partial charge in [0.05, 0.1) is 19.1 Å². The number of nitrogens with zero attached hydrogens (tertiary/aromatic N) is 2. The van der Waals surface area contributed by atoms with E-state index in [9.17, 15) is 4.79 Å². The van der Waals surface area contributed by atoms with E-state index in [1.807, 2.05) is 4.90 Å². The average molecular weight is 337 g/mol. The van der Waals surface area contributed by atoms with E-state index >= 15 is 0 Å². The third kappa shape index (κ3) is 2.34. The number of hydrogen-bond donors (Lipinski definition) is 1. The lowest BCUT2D eigenvalue weighted by atomic mass is 9.79. The van der Waals surface area contributed by atoms with Gasteiger partial charge in [-0.1, -0.05) is 18.2 Å². The molecule has 25 heavy (non-hydrogen) atoms. The zero-order chi connectivity index (χ0) is 17.0. The van der Waals surface area contributed by atoms with E-state index < -0.39 is 0 Å². The van der Waals surface area contributed by atoms with Gasteiger partial charge in [0.1, 0.15) is 0 Å². The lowest BCUT2D eigenvalue weighted by molar-refractivity contribution is -0.138. The molecular weight excluding hydrogens is 314 g/mol. The maximum absolute atomic E-state index is 13.0. The summed E-state index contributed by atoms with van der Waals surface area (Å²) in [5, 5.41) is 1.33. The van der Waals surface area contributed by atoms with Crippen LogP contribution in [0.4, 0.5) is 0 Å². The molecule has 0 spiro atoms. The van der Waals surface area contributed by atoms with Gasteiger partial charge in [-0.2, -0.15) is 0 Å². The van der Waals surface area contributed by atoms with Crippen molar-refractivity contribution in [3.8, 4) is 0 Å². The molecule has 0 bridgehead atoms. The Morgan fingerprint density at radius 3 is 2.96 bits per heavy atom. The fraction of sp³-hybridized carbons (Fsp3) is 0.450. The first-order valence-corrected chi connectivity index (χ1v) is 9.10. The number of fused-ring (bicyclic) bond motifs is 2. The third-order valence-electron chi connectivity index (χ3n) is 5.91. The van der Waals surface area contributed by atoms with Crippen LogP contribution in [0.15, 0.2) is 30.5 Å². The number of likely N-dealkylation sites (N-methyl/N-ethyl adjacent to an activating group) is 1. The molecule has 3 heterocycles. The molecule has 0 radical (unpaired) electrons. The molecule has 2 aliphatic heterocycles. The number of carbonyl (C=O) groups is 1. The second-order valence-corrected chi connectivity index (χ2v) is 7.37. The molecule has 1 aromatic heterocycles. The summed E-state index contributed by atoms with van der Waals surface area (Å²) in [6.45, 7) is 3.52. The minimum Gasteiger partial charge on any atom is -0.378 e. The second-order valence-electron chi connectivity index (χ2n) is 7.37. The second kappa shape index (κ2) is 5.71. The van der Waals surface area contributed by atoms with Crippen LogP contribution in [-0.2, 0) is 16.0 Å². The van der Waals surface area contributed by atoms with Gasteiger partial charge in [-0.15, -0.1) is 0 Å². The molecule has 2 unspecified atom stereocenters. The Bertz CT molecular complexity index is 863. The van der Waals surface area contributed by atoms with Crippen LogP contribution in [-0.4, -0.2) is 66.6 Å². The van der Waals surface area contributed by atoms with Crippen LogP contribution in [0.1, 0.15) is 11.1 Å². The summed E-state index contributed by atoms with van der Waals surface area (Å²) in [6.07, 6.45) is 5.40. The summed E-state index contributed by atoms with van der Waals surface area (Å²) in [4.78, 5) is 20.7. The SMILES string of the molecule is CN1CC(C(=O)N2CCOCC2)C=C2c3cccc4[nH]cc(c34)CC21. The Labute approximate surface area is 147 Å². The first-order valence-electron chi connectivity index (χ1n) is 9.10. The highest BCUT2D eigenvalue weighted by Gasteiger charge is 2.36. The standard InChI is InChI=1S/C20H23N3O2/c1-22-12-14(20(24)23-5-7-25-8-6-23)9-16-15-3-2-4-17-19(15)13(11-21-17)10-18(16)22/h2-4,9,11,14,18,21H,5-8,10,12H2,1H3. The number of rotatable bonds is 1. The lowest BCUT2D eigenvalue weighted by Crippen LogP contribution is -2.49. The number of aromatic nitrogens is 1. The van der Waals surface area contributed by atoms with E-state index in [1.54, 1.807) is 0 Å².